The van der Waals surface area contributed by atoms with Crippen LogP contribution in [0.3, 0.4) is 0 Å². The number of benzene rings is 2. The van der Waals surface area contributed by atoms with Crippen molar-refractivity contribution in [1.82, 2.24) is 0 Å². The first-order chi connectivity index (χ1) is 19.4. The van der Waals surface area contributed by atoms with Crippen LogP contribution in [0.5, 0.6) is 5.75 Å². The summed E-state index contributed by atoms with van der Waals surface area (Å²) in [6, 6.07) is 8.07. The SMILES string of the molecule is CCCC(CC(CC)C(F)(F)F)S(=O)(=O)N1C[C@H](CC(C)(C)C(=O)O)Oc2ccc(-c3cc(C(C)=O)ccc3F)cc21. The number of nitrogens with zero attached hydrogens (tertiary/aromatic N) is 1. The number of hydrogen-bond donors (Lipinski definition) is 1. The van der Waals surface area contributed by atoms with E-state index in [0.717, 1.165) is 10.4 Å². The Hall–Kier alpha value is -3.15. The molecule has 0 saturated heterocycles. The summed E-state index contributed by atoms with van der Waals surface area (Å²) in [6.07, 6.45) is -6.22. The van der Waals surface area contributed by atoms with Crippen LogP contribution in [0, 0.1) is 17.2 Å². The lowest BCUT2D eigenvalue weighted by molar-refractivity contribution is -0.177. The number of hydrogen-bond acceptors (Lipinski definition) is 5. The van der Waals surface area contributed by atoms with Crippen molar-refractivity contribution in [3.8, 4) is 16.9 Å². The number of carbonyl (C=O) groups excluding carboxylic acids is 1. The maximum Gasteiger partial charge on any atom is 0.391 e. The number of halogens is 4. The standard InChI is InChI=1S/C30H37F4NO6S/c1-6-8-23(15-21(7-2)30(32,33)34)42(39,40)35-17-22(16-29(4,5)28(37)38)41-27-12-10-20(14-26(27)35)24-13-19(18(3)36)9-11-25(24)31/h9-14,21-23H,6-8,15-17H2,1-5H3,(H,37,38)/t21?,22-,23?/m0/s1. The van der Waals surface area contributed by atoms with Gasteiger partial charge in [0.15, 0.2) is 5.78 Å². The molecule has 232 valence electrons. The van der Waals surface area contributed by atoms with Gasteiger partial charge in [0.25, 0.3) is 0 Å². The largest absolute Gasteiger partial charge is 0.486 e. The molecule has 7 nitrogen and oxygen atoms in total. The maximum absolute atomic E-state index is 14.9. The van der Waals surface area contributed by atoms with Gasteiger partial charge in [0, 0.05) is 17.5 Å². The van der Waals surface area contributed by atoms with E-state index in [9.17, 15) is 40.7 Å². The third kappa shape index (κ3) is 7.25. The number of aliphatic carboxylic acids is 1. The molecule has 0 amide bonds. The lowest BCUT2D eigenvalue weighted by Gasteiger charge is -2.39. The van der Waals surface area contributed by atoms with E-state index < -0.39 is 57.1 Å². The molecule has 1 heterocycles. The Balaban J connectivity index is 2.17. The van der Waals surface area contributed by atoms with E-state index in [1.807, 2.05) is 0 Å². The van der Waals surface area contributed by atoms with Crippen molar-refractivity contribution < 1.29 is 45.4 Å². The lowest BCUT2D eigenvalue weighted by atomic mass is 9.86. The Kier molecular flexibility index (Phi) is 10.0. The quantitative estimate of drug-likeness (QED) is 0.200. The Morgan fingerprint density at radius 3 is 2.33 bits per heavy atom. The summed E-state index contributed by atoms with van der Waals surface area (Å²) < 4.78 is 91.5. The topological polar surface area (TPSA) is 101 Å². The molecule has 0 radical (unpaired) electrons. The Bertz CT molecular complexity index is 1420. The average molecular weight is 616 g/mol. The van der Waals surface area contributed by atoms with Gasteiger partial charge in [-0.3, -0.25) is 13.9 Å². The molecule has 0 saturated carbocycles. The Morgan fingerprint density at radius 2 is 1.79 bits per heavy atom. The molecule has 0 spiro atoms. The van der Waals surface area contributed by atoms with Gasteiger partial charge in [-0.05, 0) is 75.9 Å². The highest BCUT2D eigenvalue weighted by Gasteiger charge is 2.45. The number of fused-ring (bicyclic) bond motifs is 1. The fourth-order valence-electron chi connectivity index (χ4n) is 5.19. The first-order valence-corrected chi connectivity index (χ1v) is 15.4. The molecule has 3 atom stereocenters. The van der Waals surface area contributed by atoms with Gasteiger partial charge in [-0.1, -0.05) is 26.3 Å². The number of rotatable bonds is 12. The summed E-state index contributed by atoms with van der Waals surface area (Å²) >= 11 is 0. The van der Waals surface area contributed by atoms with E-state index in [-0.39, 0.29) is 59.7 Å². The van der Waals surface area contributed by atoms with E-state index in [1.165, 1.54) is 58.0 Å². The van der Waals surface area contributed by atoms with Crippen LogP contribution >= 0.6 is 0 Å². The van der Waals surface area contributed by atoms with Gasteiger partial charge in [0.05, 0.1) is 28.8 Å². The molecule has 1 N–H and O–H groups in total. The molecular weight excluding hydrogens is 578 g/mol. The monoisotopic (exact) mass is 615 g/mol. The summed E-state index contributed by atoms with van der Waals surface area (Å²) in [7, 11) is -4.45. The van der Waals surface area contributed by atoms with Crippen molar-refractivity contribution >= 4 is 27.5 Å². The highest BCUT2D eigenvalue weighted by Crippen LogP contribution is 2.43. The fraction of sp³-hybridized carbons (Fsp3) is 0.533. The second-order valence-corrected chi connectivity index (χ2v) is 13.6. The van der Waals surface area contributed by atoms with Crippen LogP contribution in [0.15, 0.2) is 36.4 Å². The Labute approximate surface area is 243 Å². The summed E-state index contributed by atoms with van der Waals surface area (Å²) in [4.78, 5) is 23.7. The van der Waals surface area contributed by atoms with Crippen LogP contribution in [0.2, 0.25) is 0 Å². The second kappa shape index (κ2) is 12.6. The Morgan fingerprint density at radius 1 is 1.12 bits per heavy atom. The molecule has 12 heteroatoms. The number of ether oxygens (including phenoxy) is 1. The van der Waals surface area contributed by atoms with E-state index in [1.54, 1.807) is 6.92 Å². The summed E-state index contributed by atoms with van der Waals surface area (Å²) in [5.41, 5.74) is -0.783. The van der Waals surface area contributed by atoms with E-state index >= 15 is 0 Å². The number of carboxylic acid groups (broad SMARTS) is 1. The van der Waals surface area contributed by atoms with Gasteiger partial charge in [-0.15, -0.1) is 0 Å². The summed E-state index contributed by atoms with van der Waals surface area (Å²) in [6.45, 7) is 6.97. The third-order valence-corrected chi connectivity index (χ3v) is 9.96. The smallest absolute Gasteiger partial charge is 0.391 e. The summed E-state index contributed by atoms with van der Waals surface area (Å²) in [5, 5.41) is 8.27. The highest BCUT2D eigenvalue weighted by molar-refractivity contribution is 7.93. The number of sulfonamides is 1. The first-order valence-electron chi connectivity index (χ1n) is 13.9. The van der Waals surface area contributed by atoms with Crippen LogP contribution in [0.25, 0.3) is 11.1 Å². The van der Waals surface area contributed by atoms with Crippen LogP contribution < -0.4 is 9.04 Å². The average Bonchev–Trinajstić information content (AvgIpc) is 2.89. The number of carboxylic acids is 1. The van der Waals surface area contributed by atoms with Gasteiger partial charge in [0.2, 0.25) is 10.0 Å². The van der Waals surface area contributed by atoms with Crippen molar-refractivity contribution in [2.24, 2.45) is 11.3 Å². The minimum atomic E-state index is -4.58. The van der Waals surface area contributed by atoms with Gasteiger partial charge < -0.3 is 9.84 Å². The van der Waals surface area contributed by atoms with Gasteiger partial charge >= 0.3 is 12.1 Å². The van der Waals surface area contributed by atoms with Crippen LogP contribution in [0.1, 0.15) is 77.1 Å². The zero-order chi connectivity index (χ0) is 31.6. The van der Waals surface area contributed by atoms with Crippen molar-refractivity contribution in [2.45, 2.75) is 84.3 Å². The van der Waals surface area contributed by atoms with Crippen molar-refractivity contribution in [3.63, 3.8) is 0 Å². The summed E-state index contributed by atoms with van der Waals surface area (Å²) in [5.74, 6) is -3.85. The predicted molar refractivity (Wildman–Crippen MR) is 152 cm³/mol. The molecule has 0 aromatic heterocycles. The van der Waals surface area contributed by atoms with E-state index in [2.05, 4.69) is 0 Å². The van der Waals surface area contributed by atoms with Crippen LogP contribution in [-0.2, 0) is 14.8 Å². The number of alkyl halides is 3. The maximum atomic E-state index is 14.9. The number of Topliss-reactive ketones (excluding diaryl/α,β-unsaturated/α-hetero) is 1. The van der Waals surface area contributed by atoms with Crippen molar-refractivity contribution in [1.29, 1.82) is 0 Å². The van der Waals surface area contributed by atoms with Gasteiger partial charge in [-0.25, -0.2) is 12.8 Å². The second-order valence-electron chi connectivity index (χ2n) is 11.4. The normalized spacial score (nSPS) is 17.3. The van der Waals surface area contributed by atoms with Gasteiger partial charge in [0.1, 0.15) is 17.7 Å². The molecule has 1 aliphatic rings. The molecule has 2 aromatic carbocycles. The zero-order valence-corrected chi connectivity index (χ0v) is 25.1. The lowest BCUT2D eigenvalue weighted by Crippen LogP contribution is -2.49. The number of anilines is 1. The third-order valence-electron chi connectivity index (χ3n) is 7.73. The highest BCUT2D eigenvalue weighted by atomic mass is 32.2. The molecule has 0 bridgehead atoms. The van der Waals surface area contributed by atoms with Gasteiger partial charge in [-0.2, -0.15) is 13.2 Å². The fourth-order valence-corrected chi connectivity index (χ4v) is 7.35. The van der Waals surface area contributed by atoms with Crippen molar-refractivity contribution in [3.05, 3.63) is 47.8 Å². The minimum absolute atomic E-state index is 0.00525. The molecular formula is C30H37F4NO6S. The number of carbonyl (C=O) groups is 2. The van der Waals surface area contributed by atoms with Crippen LogP contribution in [-0.4, -0.2) is 49.4 Å². The molecule has 2 unspecified atom stereocenters. The molecule has 1 aliphatic heterocycles. The molecule has 0 fully saturated rings. The molecule has 42 heavy (non-hydrogen) atoms. The van der Waals surface area contributed by atoms with Crippen molar-refractivity contribution in [2.75, 3.05) is 10.8 Å². The number of ketones is 1. The minimum Gasteiger partial charge on any atom is -0.486 e. The molecule has 2 aromatic rings. The molecule has 0 aliphatic carbocycles. The predicted octanol–water partition coefficient (Wildman–Crippen LogP) is 7.24. The van der Waals surface area contributed by atoms with Crippen LogP contribution in [0.4, 0.5) is 23.2 Å². The molecule has 3 rings (SSSR count). The first kappa shape index (κ1) is 33.4. The zero-order valence-electron chi connectivity index (χ0n) is 24.3. The van der Waals surface area contributed by atoms with E-state index in [4.69, 9.17) is 4.74 Å². The van der Waals surface area contributed by atoms with E-state index in [0.29, 0.717) is 6.42 Å².